The number of para-hydroxylation sites is 1. The van der Waals surface area contributed by atoms with Crippen LogP contribution < -0.4 is 5.56 Å². The van der Waals surface area contributed by atoms with Crippen LogP contribution in [0.3, 0.4) is 0 Å². The lowest BCUT2D eigenvalue weighted by Gasteiger charge is -2.04. The molecule has 0 radical (unpaired) electrons. The molecule has 0 saturated carbocycles. The minimum atomic E-state index is -0.269. The maximum atomic E-state index is 12.0. The maximum Gasteiger partial charge on any atom is 0.306 e. The summed E-state index contributed by atoms with van der Waals surface area (Å²) in [6.45, 7) is 2.25. The fourth-order valence-electron chi connectivity index (χ4n) is 2.46. The lowest BCUT2D eigenvalue weighted by Crippen LogP contribution is -2.12. The second-order valence-corrected chi connectivity index (χ2v) is 6.57. The van der Waals surface area contributed by atoms with Gasteiger partial charge in [0.15, 0.2) is 0 Å². The third kappa shape index (κ3) is 4.51. The van der Waals surface area contributed by atoms with E-state index in [0.717, 1.165) is 17.1 Å². The van der Waals surface area contributed by atoms with Gasteiger partial charge in [0, 0.05) is 18.2 Å². The van der Waals surface area contributed by atoms with Gasteiger partial charge in [0.1, 0.15) is 12.4 Å². The number of aromatic nitrogens is 3. The highest BCUT2D eigenvalue weighted by Gasteiger charge is 2.08. The molecule has 6 nitrogen and oxygen atoms in total. The van der Waals surface area contributed by atoms with Gasteiger partial charge in [0.2, 0.25) is 0 Å². The number of thiazole rings is 1. The molecule has 3 rings (SSSR count). The fraction of sp³-hybridized carbons (Fsp3) is 0.333. The zero-order valence-corrected chi connectivity index (χ0v) is 14.8. The quantitative estimate of drug-likeness (QED) is 0.657. The number of esters is 1. The lowest BCUT2D eigenvalue weighted by atomic mass is 10.2. The molecule has 25 heavy (non-hydrogen) atoms. The van der Waals surface area contributed by atoms with Crippen LogP contribution in [0.5, 0.6) is 0 Å². The second-order valence-electron chi connectivity index (χ2n) is 5.63. The predicted molar refractivity (Wildman–Crippen MR) is 96.6 cm³/mol. The van der Waals surface area contributed by atoms with Gasteiger partial charge in [0.05, 0.1) is 21.6 Å². The first-order chi connectivity index (χ1) is 12.2. The molecule has 0 amide bonds. The molecule has 7 heteroatoms. The summed E-state index contributed by atoms with van der Waals surface area (Å²) in [4.78, 5) is 35.4. The molecule has 1 aromatic carbocycles. The van der Waals surface area contributed by atoms with Crippen LogP contribution in [0.25, 0.3) is 10.9 Å². The lowest BCUT2D eigenvalue weighted by molar-refractivity contribution is -0.145. The highest BCUT2D eigenvalue weighted by molar-refractivity contribution is 7.09. The average molecular weight is 357 g/mol. The van der Waals surface area contributed by atoms with Crippen molar-refractivity contribution >= 4 is 28.2 Å². The number of rotatable bonds is 7. The van der Waals surface area contributed by atoms with Crippen molar-refractivity contribution in [2.75, 3.05) is 0 Å². The Bertz CT molecular complexity index is 932. The number of carbonyl (C=O) groups excluding carboxylic acids is 1. The number of aryl methyl sites for hydroxylation is 2. The van der Waals surface area contributed by atoms with Crippen molar-refractivity contribution in [2.45, 2.75) is 39.2 Å². The molecule has 0 aliphatic carbocycles. The van der Waals surface area contributed by atoms with Crippen LogP contribution in [0.1, 0.15) is 36.3 Å². The molecule has 130 valence electrons. The van der Waals surface area contributed by atoms with Crippen LogP contribution >= 0.6 is 11.3 Å². The molecule has 0 aliphatic rings. The van der Waals surface area contributed by atoms with E-state index in [-0.39, 0.29) is 24.6 Å². The number of nitrogens with one attached hydrogen (secondary N) is 1. The van der Waals surface area contributed by atoms with Gasteiger partial charge in [-0.3, -0.25) is 9.59 Å². The SMILES string of the molecule is CCc1nc(COC(=O)CCCc2nc3ccccc3c(=O)[nH]2)cs1. The summed E-state index contributed by atoms with van der Waals surface area (Å²) in [5.41, 5.74) is 1.30. The van der Waals surface area contributed by atoms with Crippen LogP contribution in [0, 0.1) is 0 Å². The Balaban J connectivity index is 1.49. The number of hydrogen-bond donors (Lipinski definition) is 1. The van der Waals surface area contributed by atoms with Crippen molar-refractivity contribution < 1.29 is 9.53 Å². The second kappa shape index (κ2) is 8.02. The average Bonchev–Trinajstić information content (AvgIpc) is 3.08. The molecule has 0 atom stereocenters. The van der Waals surface area contributed by atoms with Crippen molar-refractivity contribution in [3.05, 3.63) is 56.5 Å². The van der Waals surface area contributed by atoms with Crippen molar-refractivity contribution in [1.29, 1.82) is 0 Å². The Kier molecular flexibility index (Phi) is 5.55. The first kappa shape index (κ1) is 17.3. The summed E-state index contributed by atoms with van der Waals surface area (Å²) in [7, 11) is 0. The number of fused-ring (bicyclic) bond motifs is 1. The molecule has 2 aromatic heterocycles. The van der Waals surface area contributed by atoms with E-state index in [2.05, 4.69) is 15.0 Å². The van der Waals surface area contributed by atoms with E-state index < -0.39 is 0 Å². The summed E-state index contributed by atoms with van der Waals surface area (Å²) < 4.78 is 5.23. The maximum absolute atomic E-state index is 12.0. The van der Waals surface area contributed by atoms with Crippen LogP contribution in [0.4, 0.5) is 0 Å². The van der Waals surface area contributed by atoms with E-state index in [1.165, 1.54) is 0 Å². The van der Waals surface area contributed by atoms with Crippen molar-refractivity contribution in [3.8, 4) is 0 Å². The molecule has 2 heterocycles. The molecule has 0 saturated heterocycles. The van der Waals surface area contributed by atoms with Gasteiger partial charge in [-0.2, -0.15) is 0 Å². The zero-order chi connectivity index (χ0) is 17.6. The molecule has 0 spiro atoms. The summed E-state index contributed by atoms with van der Waals surface area (Å²) in [6.07, 6.45) is 2.25. The largest absolute Gasteiger partial charge is 0.459 e. The minimum absolute atomic E-state index is 0.154. The van der Waals surface area contributed by atoms with Crippen LogP contribution in [0.15, 0.2) is 34.4 Å². The summed E-state index contributed by atoms with van der Waals surface area (Å²) in [6, 6.07) is 7.20. The normalized spacial score (nSPS) is 10.9. The number of benzene rings is 1. The van der Waals surface area contributed by atoms with Gasteiger partial charge in [0.25, 0.3) is 5.56 Å². The predicted octanol–water partition coefficient (Wildman–Crippen LogP) is 3.01. The first-order valence-electron chi connectivity index (χ1n) is 8.22. The Hall–Kier alpha value is -2.54. The van der Waals surface area contributed by atoms with Crippen molar-refractivity contribution in [2.24, 2.45) is 0 Å². The number of ether oxygens (including phenoxy) is 1. The molecule has 3 aromatic rings. The monoisotopic (exact) mass is 357 g/mol. The molecule has 1 N–H and O–H groups in total. The van der Waals surface area contributed by atoms with Crippen LogP contribution in [-0.2, 0) is 29.0 Å². The Morgan fingerprint density at radius 1 is 1.28 bits per heavy atom. The highest BCUT2D eigenvalue weighted by atomic mass is 32.1. The van der Waals surface area contributed by atoms with Crippen LogP contribution in [0.2, 0.25) is 0 Å². The molecule has 0 unspecified atom stereocenters. The highest BCUT2D eigenvalue weighted by Crippen LogP contribution is 2.12. The molecular formula is C18H19N3O3S. The number of carbonyl (C=O) groups is 1. The van der Waals surface area contributed by atoms with Crippen molar-refractivity contribution in [1.82, 2.24) is 15.0 Å². The number of H-pyrrole nitrogens is 1. The Morgan fingerprint density at radius 3 is 2.92 bits per heavy atom. The van der Waals surface area contributed by atoms with Crippen LogP contribution in [-0.4, -0.2) is 20.9 Å². The summed E-state index contributed by atoms with van der Waals surface area (Å²) >= 11 is 1.57. The van der Waals surface area contributed by atoms with E-state index in [1.54, 1.807) is 29.5 Å². The molecule has 0 bridgehead atoms. The minimum Gasteiger partial charge on any atom is -0.459 e. The van der Waals surface area contributed by atoms with Gasteiger partial charge in [-0.1, -0.05) is 19.1 Å². The molecule has 0 fully saturated rings. The van der Waals surface area contributed by atoms with Gasteiger partial charge in [-0.15, -0.1) is 11.3 Å². The summed E-state index contributed by atoms with van der Waals surface area (Å²) in [5.74, 6) is 0.317. The van der Waals surface area contributed by atoms with E-state index >= 15 is 0 Å². The Morgan fingerprint density at radius 2 is 2.12 bits per heavy atom. The number of aromatic amines is 1. The van der Waals surface area contributed by atoms with Gasteiger partial charge >= 0.3 is 5.97 Å². The van der Waals surface area contributed by atoms with E-state index in [0.29, 0.717) is 29.6 Å². The van der Waals surface area contributed by atoms with Gasteiger partial charge < -0.3 is 9.72 Å². The Labute approximate surface area is 148 Å². The standard InChI is InChI=1S/C18H19N3O3S/c1-2-16-19-12(11-25-16)10-24-17(22)9-5-8-15-20-14-7-4-3-6-13(14)18(23)21-15/h3-4,6-7,11H,2,5,8-10H2,1H3,(H,20,21,23). The van der Waals surface area contributed by atoms with E-state index in [1.807, 2.05) is 18.4 Å². The topological polar surface area (TPSA) is 84.9 Å². The zero-order valence-electron chi connectivity index (χ0n) is 13.9. The number of nitrogens with zero attached hydrogens (tertiary/aromatic N) is 2. The van der Waals surface area contributed by atoms with E-state index in [4.69, 9.17) is 4.74 Å². The third-order valence-electron chi connectivity index (χ3n) is 3.74. The number of hydrogen-bond acceptors (Lipinski definition) is 6. The first-order valence-corrected chi connectivity index (χ1v) is 9.10. The smallest absolute Gasteiger partial charge is 0.306 e. The third-order valence-corrected chi connectivity index (χ3v) is 4.78. The van der Waals surface area contributed by atoms with E-state index in [9.17, 15) is 9.59 Å². The van der Waals surface area contributed by atoms with Gasteiger partial charge in [-0.05, 0) is 25.0 Å². The fourth-order valence-corrected chi connectivity index (χ4v) is 3.19. The van der Waals surface area contributed by atoms with Gasteiger partial charge in [-0.25, -0.2) is 9.97 Å². The molecule has 0 aliphatic heterocycles. The summed E-state index contributed by atoms with van der Waals surface area (Å²) in [5, 5.41) is 3.52. The van der Waals surface area contributed by atoms with Crippen molar-refractivity contribution in [3.63, 3.8) is 0 Å². The molecular weight excluding hydrogens is 338 g/mol.